The van der Waals surface area contributed by atoms with Gasteiger partial charge in [-0.25, -0.2) is 0 Å². The number of aryl methyl sites for hydroxylation is 1. The van der Waals surface area contributed by atoms with Crippen molar-refractivity contribution in [1.29, 1.82) is 0 Å². The minimum atomic E-state index is -1.32. The number of carboxylic acid groups (broad SMARTS) is 1. The summed E-state index contributed by atoms with van der Waals surface area (Å²) < 4.78 is 5.05. The Morgan fingerprint density at radius 2 is 2.29 bits per heavy atom. The van der Waals surface area contributed by atoms with Crippen LogP contribution in [0.1, 0.15) is 22.5 Å². The van der Waals surface area contributed by atoms with Gasteiger partial charge < -0.3 is 20.2 Å². The van der Waals surface area contributed by atoms with Crippen LogP contribution in [0, 0.1) is 6.92 Å². The van der Waals surface area contributed by atoms with E-state index in [-0.39, 0.29) is 18.9 Å². The van der Waals surface area contributed by atoms with Gasteiger partial charge in [-0.05, 0) is 19.4 Å². The van der Waals surface area contributed by atoms with E-state index in [1.165, 1.54) is 11.2 Å². The number of furan rings is 1. The molecule has 1 fully saturated rings. The van der Waals surface area contributed by atoms with Crippen LogP contribution in [0.3, 0.4) is 0 Å². The van der Waals surface area contributed by atoms with Crippen molar-refractivity contribution in [1.82, 2.24) is 4.90 Å². The molecule has 1 amide bonds. The number of rotatable bonds is 2. The Hall–Kier alpha value is -1.82. The first-order chi connectivity index (χ1) is 7.92. The number of carboxylic acids is 1. The van der Waals surface area contributed by atoms with Crippen molar-refractivity contribution >= 4 is 11.9 Å². The molecule has 1 aliphatic rings. The average Bonchev–Trinajstić information content (AvgIpc) is 2.85. The van der Waals surface area contributed by atoms with Gasteiger partial charge in [0.15, 0.2) is 0 Å². The molecule has 3 N–H and O–H groups in total. The smallest absolute Gasteiger partial charge is 0.325 e. The van der Waals surface area contributed by atoms with Crippen LogP contribution in [0.2, 0.25) is 0 Å². The average molecular weight is 238 g/mol. The van der Waals surface area contributed by atoms with Crippen molar-refractivity contribution in [2.45, 2.75) is 18.9 Å². The van der Waals surface area contributed by atoms with Crippen LogP contribution >= 0.6 is 0 Å². The molecular weight excluding hydrogens is 224 g/mol. The molecule has 0 spiro atoms. The highest BCUT2D eigenvalue weighted by molar-refractivity contribution is 5.95. The van der Waals surface area contributed by atoms with Crippen LogP contribution in [-0.2, 0) is 4.79 Å². The molecule has 1 aromatic heterocycles. The highest BCUT2D eigenvalue weighted by Crippen LogP contribution is 2.21. The summed E-state index contributed by atoms with van der Waals surface area (Å²) in [5.74, 6) is -0.670. The van der Waals surface area contributed by atoms with Gasteiger partial charge in [0.05, 0.1) is 5.56 Å². The van der Waals surface area contributed by atoms with Gasteiger partial charge in [0.2, 0.25) is 0 Å². The van der Waals surface area contributed by atoms with Crippen LogP contribution in [-0.4, -0.2) is 40.5 Å². The fraction of sp³-hybridized carbons (Fsp3) is 0.455. The normalized spacial score (nSPS) is 24.0. The van der Waals surface area contributed by atoms with Gasteiger partial charge in [-0.2, -0.15) is 0 Å². The van der Waals surface area contributed by atoms with Gasteiger partial charge in [-0.1, -0.05) is 0 Å². The summed E-state index contributed by atoms with van der Waals surface area (Å²) in [6.07, 6.45) is 1.64. The summed E-state index contributed by atoms with van der Waals surface area (Å²) in [4.78, 5) is 24.4. The van der Waals surface area contributed by atoms with Crippen molar-refractivity contribution in [2.24, 2.45) is 5.73 Å². The van der Waals surface area contributed by atoms with Crippen LogP contribution in [0.4, 0.5) is 0 Å². The Morgan fingerprint density at radius 1 is 1.59 bits per heavy atom. The maximum Gasteiger partial charge on any atom is 0.325 e. The quantitative estimate of drug-likeness (QED) is 0.768. The SMILES string of the molecule is Cc1cc(C(=O)N2CCC(N)(C(=O)O)C2)co1. The molecule has 0 aliphatic carbocycles. The second-order valence-corrected chi connectivity index (χ2v) is 4.38. The van der Waals surface area contributed by atoms with E-state index in [0.717, 1.165) is 0 Å². The number of likely N-dealkylation sites (tertiary alicyclic amines) is 1. The molecule has 17 heavy (non-hydrogen) atoms. The van der Waals surface area contributed by atoms with Crippen LogP contribution in [0.5, 0.6) is 0 Å². The zero-order valence-corrected chi connectivity index (χ0v) is 9.47. The van der Waals surface area contributed by atoms with E-state index < -0.39 is 11.5 Å². The molecule has 0 radical (unpaired) electrons. The number of nitrogens with zero attached hydrogens (tertiary/aromatic N) is 1. The largest absolute Gasteiger partial charge is 0.480 e. The van der Waals surface area contributed by atoms with E-state index in [0.29, 0.717) is 17.9 Å². The van der Waals surface area contributed by atoms with Crippen molar-refractivity contribution < 1.29 is 19.1 Å². The van der Waals surface area contributed by atoms with Gasteiger partial charge in [-0.15, -0.1) is 0 Å². The Morgan fingerprint density at radius 3 is 2.76 bits per heavy atom. The summed E-state index contributed by atoms with van der Waals surface area (Å²) in [5, 5.41) is 8.97. The molecule has 2 heterocycles. The Labute approximate surface area is 98.0 Å². The standard InChI is InChI=1S/C11H14N2O4/c1-7-4-8(5-17-7)9(14)13-3-2-11(12,6-13)10(15)16/h4-5H,2-3,6,12H2,1H3,(H,15,16). The van der Waals surface area contributed by atoms with E-state index >= 15 is 0 Å². The maximum absolute atomic E-state index is 12.0. The van der Waals surface area contributed by atoms with Gasteiger partial charge in [0.1, 0.15) is 17.6 Å². The molecule has 0 saturated carbocycles. The zero-order chi connectivity index (χ0) is 12.6. The lowest BCUT2D eigenvalue weighted by Gasteiger charge is -2.19. The number of carbonyl (C=O) groups excluding carboxylic acids is 1. The van der Waals surface area contributed by atoms with E-state index in [2.05, 4.69) is 0 Å². The summed E-state index contributed by atoms with van der Waals surface area (Å²) in [6.45, 7) is 2.13. The number of aliphatic carboxylic acids is 1. The van der Waals surface area contributed by atoms with Crippen LogP contribution in [0.15, 0.2) is 16.7 Å². The highest BCUT2D eigenvalue weighted by Gasteiger charge is 2.43. The maximum atomic E-state index is 12.0. The van der Waals surface area contributed by atoms with Gasteiger partial charge in [0.25, 0.3) is 5.91 Å². The van der Waals surface area contributed by atoms with E-state index in [4.69, 9.17) is 15.3 Å². The van der Waals surface area contributed by atoms with Crippen LogP contribution in [0.25, 0.3) is 0 Å². The summed E-state index contributed by atoms with van der Waals surface area (Å²) in [5.41, 5.74) is 4.80. The predicted molar refractivity (Wildman–Crippen MR) is 58.5 cm³/mol. The molecule has 6 nitrogen and oxygen atoms in total. The van der Waals surface area contributed by atoms with E-state index in [1.54, 1.807) is 13.0 Å². The molecule has 1 aliphatic heterocycles. The third-order valence-electron chi connectivity index (χ3n) is 2.99. The number of amides is 1. The van der Waals surface area contributed by atoms with Crippen molar-refractivity contribution in [3.05, 3.63) is 23.7 Å². The second kappa shape index (κ2) is 3.89. The van der Waals surface area contributed by atoms with Gasteiger partial charge in [-0.3, -0.25) is 9.59 Å². The fourth-order valence-electron chi connectivity index (χ4n) is 1.92. The number of nitrogens with two attached hydrogens (primary N) is 1. The molecule has 1 atom stereocenters. The summed E-state index contributed by atoms with van der Waals surface area (Å²) >= 11 is 0. The molecule has 0 aromatic carbocycles. The van der Waals surface area contributed by atoms with Crippen LogP contribution < -0.4 is 5.73 Å². The molecule has 1 unspecified atom stereocenters. The molecule has 1 saturated heterocycles. The number of hydrogen-bond acceptors (Lipinski definition) is 4. The van der Waals surface area contributed by atoms with Crippen molar-refractivity contribution in [3.63, 3.8) is 0 Å². The Bertz CT molecular complexity index is 468. The Kier molecular flexibility index (Phi) is 2.66. The first-order valence-electron chi connectivity index (χ1n) is 5.29. The third kappa shape index (κ3) is 2.03. The van der Waals surface area contributed by atoms with Gasteiger partial charge in [0, 0.05) is 13.1 Å². The lowest BCUT2D eigenvalue weighted by Crippen LogP contribution is -2.50. The topological polar surface area (TPSA) is 96.8 Å². The monoisotopic (exact) mass is 238 g/mol. The first kappa shape index (κ1) is 11.7. The number of carbonyl (C=O) groups is 2. The highest BCUT2D eigenvalue weighted by atomic mass is 16.4. The molecular formula is C11H14N2O4. The Balaban J connectivity index is 2.11. The lowest BCUT2D eigenvalue weighted by atomic mass is 10.0. The molecule has 2 rings (SSSR count). The fourth-order valence-corrected chi connectivity index (χ4v) is 1.92. The van der Waals surface area contributed by atoms with E-state index in [1.807, 2.05) is 0 Å². The molecule has 92 valence electrons. The molecule has 6 heteroatoms. The first-order valence-corrected chi connectivity index (χ1v) is 5.29. The van der Waals surface area contributed by atoms with Crippen molar-refractivity contribution in [3.8, 4) is 0 Å². The van der Waals surface area contributed by atoms with E-state index in [9.17, 15) is 9.59 Å². The summed E-state index contributed by atoms with van der Waals surface area (Å²) in [6, 6.07) is 1.62. The second-order valence-electron chi connectivity index (χ2n) is 4.38. The third-order valence-corrected chi connectivity index (χ3v) is 2.99. The minimum Gasteiger partial charge on any atom is -0.480 e. The zero-order valence-electron chi connectivity index (χ0n) is 9.47. The van der Waals surface area contributed by atoms with Gasteiger partial charge >= 0.3 is 5.97 Å². The predicted octanol–water partition coefficient (Wildman–Crippen LogP) is 0.216. The molecule has 0 bridgehead atoms. The number of hydrogen-bond donors (Lipinski definition) is 2. The molecule has 1 aromatic rings. The lowest BCUT2D eigenvalue weighted by molar-refractivity contribution is -0.142. The minimum absolute atomic E-state index is 0.0331. The van der Waals surface area contributed by atoms with Crippen molar-refractivity contribution in [2.75, 3.05) is 13.1 Å². The summed E-state index contributed by atoms with van der Waals surface area (Å²) in [7, 11) is 0.